The zero-order valence-corrected chi connectivity index (χ0v) is 17.6. The first-order valence-corrected chi connectivity index (χ1v) is 11.3. The van der Waals surface area contributed by atoms with Gasteiger partial charge in [0.1, 0.15) is 0 Å². The minimum atomic E-state index is 0.187. The summed E-state index contributed by atoms with van der Waals surface area (Å²) < 4.78 is 0. The van der Waals surface area contributed by atoms with Crippen LogP contribution in [-0.2, 0) is 16.0 Å². The maximum atomic E-state index is 12.6. The van der Waals surface area contributed by atoms with Gasteiger partial charge in [0.05, 0.1) is 0 Å². The van der Waals surface area contributed by atoms with Crippen LogP contribution in [0.2, 0.25) is 5.02 Å². The van der Waals surface area contributed by atoms with Gasteiger partial charge in [-0.05, 0) is 42.9 Å². The number of hydrogen-bond donors (Lipinski definition) is 0. The van der Waals surface area contributed by atoms with Crippen molar-refractivity contribution in [2.45, 2.75) is 64.2 Å². The maximum absolute atomic E-state index is 12.6. The summed E-state index contributed by atoms with van der Waals surface area (Å²) >= 11 is 5.91. The Morgan fingerprint density at radius 2 is 1.43 bits per heavy atom. The molecule has 0 bridgehead atoms. The van der Waals surface area contributed by atoms with Gasteiger partial charge in [-0.2, -0.15) is 0 Å². The molecule has 2 aliphatic rings. The summed E-state index contributed by atoms with van der Waals surface area (Å²) in [7, 11) is 0. The number of halogens is 1. The lowest BCUT2D eigenvalue weighted by molar-refractivity contribution is -0.133. The van der Waals surface area contributed by atoms with E-state index >= 15 is 0 Å². The molecule has 1 saturated carbocycles. The fourth-order valence-corrected chi connectivity index (χ4v) is 4.56. The Morgan fingerprint density at radius 1 is 0.821 bits per heavy atom. The highest BCUT2D eigenvalue weighted by Gasteiger charge is 2.23. The van der Waals surface area contributed by atoms with Crippen LogP contribution in [0.3, 0.4) is 0 Å². The minimum absolute atomic E-state index is 0.187. The Kier molecular flexibility index (Phi) is 8.20. The first kappa shape index (κ1) is 21.2. The molecule has 1 aromatic rings. The monoisotopic (exact) mass is 404 g/mol. The highest BCUT2D eigenvalue weighted by atomic mass is 35.5. The molecule has 1 aliphatic heterocycles. The van der Waals surface area contributed by atoms with Gasteiger partial charge < -0.3 is 9.80 Å². The van der Waals surface area contributed by atoms with Crippen molar-refractivity contribution in [1.29, 1.82) is 0 Å². The topological polar surface area (TPSA) is 40.6 Å². The van der Waals surface area contributed by atoms with Gasteiger partial charge in [-0.3, -0.25) is 9.59 Å². The molecule has 2 amide bonds. The summed E-state index contributed by atoms with van der Waals surface area (Å²) in [6.07, 6.45) is 10.4. The molecule has 28 heavy (non-hydrogen) atoms. The number of rotatable bonds is 6. The molecular weight excluding hydrogens is 372 g/mol. The van der Waals surface area contributed by atoms with Crippen molar-refractivity contribution in [1.82, 2.24) is 9.80 Å². The van der Waals surface area contributed by atoms with Gasteiger partial charge in [-0.1, -0.05) is 55.8 Å². The third-order valence-electron chi connectivity index (χ3n) is 6.23. The van der Waals surface area contributed by atoms with Gasteiger partial charge in [-0.15, -0.1) is 0 Å². The smallest absolute Gasteiger partial charge is 0.222 e. The molecule has 4 nitrogen and oxygen atoms in total. The highest BCUT2D eigenvalue weighted by Crippen LogP contribution is 2.27. The number of amides is 2. The standard InChI is InChI=1S/C23H33ClN2O2/c24-21-11-7-20(8-12-21)10-14-23(28)26-16-4-15-25(17-18-26)22(27)13-9-19-5-2-1-3-6-19/h7-8,11-12,19H,1-6,9-10,13-18H2. The number of carbonyl (C=O) groups is 2. The average molecular weight is 405 g/mol. The summed E-state index contributed by atoms with van der Waals surface area (Å²) in [5, 5.41) is 0.718. The van der Waals surface area contributed by atoms with Gasteiger partial charge in [0.2, 0.25) is 11.8 Å². The number of carbonyl (C=O) groups excluding carboxylic acids is 2. The Hall–Kier alpha value is -1.55. The van der Waals surface area contributed by atoms with E-state index in [1.165, 1.54) is 32.1 Å². The lowest BCUT2D eigenvalue weighted by atomic mass is 9.86. The van der Waals surface area contributed by atoms with Crippen molar-refractivity contribution in [3.63, 3.8) is 0 Å². The summed E-state index contributed by atoms with van der Waals surface area (Å²) in [6.45, 7) is 2.88. The number of hydrogen-bond acceptors (Lipinski definition) is 2. The van der Waals surface area contributed by atoms with Gasteiger partial charge >= 0.3 is 0 Å². The van der Waals surface area contributed by atoms with E-state index in [1.54, 1.807) is 0 Å². The lowest BCUT2D eigenvalue weighted by Crippen LogP contribution is -2.37. The average Bonchev–Trinajstić information content (AvgIpc) is 2.98. The first-order valence-electron chi connectivity index (χ1n) is 10.9. The second kappa shape index (κ2) is 10.8. The Bertz CT molecular complexity index is 641. The second-order valence-corrected chi connectivity index (χ2v) is 8.72. The van der Waals surface area contributed by atoms with Gasteiger partial charge in [-0.25, -0.2) is 0 Å². The van der Waals surface area contributed by atoms with E-state index in [1.807, 2.05) is 34.1 Å². The Morgan fingerprint density at radius 3 is 2.07 bits per heavy atom. The van der Waals surface area contributed by atoms with E-state index in [4.69, 9.17) is 11.6 Å². The maximum Gasteiger partial charge on any atom is 0.222 e. The number of nitrogens with zero attached hydrogens (tertiary/aromatic N) is 2. The van der Waals surface area contributed by atoms with Crippen LogP contribution >= 0.6 is 11.6 Å². The van der Waals surface area contributed by atoms with Gasteiger partial charge in [0.25, 0.3) is 0 Å². The van der Waals surface area contributed by atoms with Crippen LogP contribution < -0.4 is 0 Å². The van der Waals surface area contributed by atoms with E-state index in [0.717, 1.165) is 48.9 Å². The fraction of sp³-hybridized carbons (Fsp3) is 0.652. The molecule has 1 aliphatic carbocycles. The molecule has 1 heterocycles. The van der Waals surface area contributed by atoms with Crippen molar-refractivity contribution in [2.24, 2.45) is 5.92 Å². The van der Waals surface area contributed by atoms with Crippen LogP contribution in [0.15, 0.2) is 24.3 Å². The summed E-state index contributed by atoms with van der Waals surface area (Å²) in [5.74, 6) is 1.21. The zero-order chi connectivity index (χ0) is 19.8. The van der Waals surface area contributed by atoms with E-state index in [0.29, 0.717) is 25.9 Å². The molecule has 0 aromatic heterocycles. The van der Waals surface area contributed by atoms with Crippen LogP contribution in [0.5, 0.6) is 0 Å². The molecule has 0 atom stereocenters. The molecule has 2 fully saturated rings. The van der Waals surface area contributed by atoms with Crippen molar-refractivity contribution in [3.05, 3.63) is 34.9 Å². The zero-order valence-electron chi connectivity index (χ0n) is 16.9. The van der Waals surface area contributed by atoms with E-state index < -0.39 is 0 Å². The third-order valence-corrected chi connectivity index (χ3v) is 6.49. The van der Waals surface area contributed by atoms with Crippen molar-refractivity contribution in [3.8, 4) is 0 Å². The molecule has 3 rings (SSSR count). The van der Waals surface area contributed by atoms with Crippen LogP contribution in [0.1, 0.15) is 63.4 Å². The number of benzene rings is 1. The quantitative estimate of drug-likeness (QED) is 0.689. The third kappa shape index (κ3) is 6.51. The summed E-state index contributed by atoms with van der Waals surface area (Å²) in [4.78, 5) is 29.1. The molecular formula is C23H33ClN2O2. The number of aryl methyl sites for hydroxylation is 1. The van der Waals surface area contributed by atoms with Crippen LogP contribution in [0.4, 0.5) is 0 Å². The first-order chi connectivity index (χ1) is 13.6. The summed E-state index contributed by atoms with van der Waals surface area (Å²) in [5.41, 5.74) is 1.13. The molecule has 0 spiro atoms. The summed E-state index contributed by atoms with van der Waals surface area (Å²) in [6, 6.07) is 7.68. The van der Waals surface area contributed by atoms with Crippen molar-refractivity contribution >= 4 is 23.4 Å². The van der Waals surface area contributed by atoms with Crippen LogP contribution in [0, 0.1) is 5.92 Å². The molecule has 0 unspecified atom stereocenters. The predicted octanol–water partition coefficient (Wildman–Crippen LogP) is 4.69. The minimum Gasteiger partial charge on any atom is -0.341 e. The highest BCUT2D eigenvalue weighted by molar-refractivity contribution is 6.30. The van der Waals surface area contributed by atoms with Gasteiger partial charge in [0, 0.05) is 44.0 Å². The van der Waals surface area contributed by atoms with E-state index in [2.05, 4.69) is 0 Å². The van der Waals surface area contributed by atoms with E-state index in [-0.39, 0.29) is 11.8 Å². The SMILES string of the molecule is O=C(CCc1ccc(Cl)cc1)N1CCCN(C(=O)CCC2CCCCC2)CC1. The molecule has 0 radical (unpaired) electrons. The van der Waals surface area contributed by atoms with Crippen molar-refractivity contribution in [2.75, 3.05) is 26.2 Å². The van der Waals surface area contributed by atoms with Gasteiger partial charge in [0.15, 0.2) is 0 Å². The fourth-order valence-electron chi connectivity index (χ4n) is 4.44. The molecule has 5 heteroatoms. The molecule has 0 N–H and O–H groups in total. The second-order valence-electron chi connectivity index (χ2n) is 8.28. The Balaban J connectivity index is 1.40. The van der Waals surface area contributed by atoms with Crippen LogP contribution in [0.25, 0.3) is 0 Å². The van der Waals surface area contributed by atoms with Crippen LogP contribution in [-0.4, -0.2) is 47.8 Å². The Labute approximate surface area is 174 Å². The lowest BCUT2D eigenvalue weighted by Gasteiger charge is -2.24. The largest absolute Gasteiger partial charge is 0.341 e. The molecule has 1 aromatic carbocycles. The molecule has 154 valence electrons. The molecule has 1 saturated heterocycles. The van der Waals surface area contributed by atoms with E-state index in [9.17, 15) is 9.59 Å². The normalized spacial score (nSPS) is 18.8. The predicted molar refractivity (Wildman–Crippen MR) is 113 cm³/mol. The van der Waals surface area contributed by atoms with Crippen molar-refractivity contribution < 1.29 is 9.59 Å².